The summed E-state index contributed by atoms with van der Waals surface area (Å²) in [6, 6.07) is 31.9. The van der Waals surface area contributed by atoms with Crippen molar-refractivity contribution in [2.24, 2.45) is 0 Å². The molecule has 1 heterocycles. The zero-order valence-corrected chi connectivity index (χ0v) is 29.9. The van der Waals surface area contributed by atoms with Gasteiger partial charge in [-0.3, -0.25) is 0 Å². The van der Waals surface area contributed by atoms with E-state index < -0.39 is 7.87 Å². The molecule has 240 valence electrons. The van der Waals surface area contributed by atoms with Crippen LogP contribution in [-0.4, -0.2) is 10.3 Å². The third-order valence-electron chi connectivity index (χ3n) is 11.8. The monoisotopic (exact) mass is 631 g/mol. The van der Waals surface area contributed by atoms with E-state index in [4.69, 9.17) is 9.05 Å². The second-order valence-electron chi connectivity index (χ2n) is 16.3. The summed E-state index contributed by atoms with van der Waals surface area (Å²) in [6.45, 7) is 19.0. The van der Waals surface area contributed by atoms with E-state index >= 15 is 0 Å². The molecule has 1 saturated carbocycles. The topological polar surface area (TPSA) is 21.7 Å². The Morgan fingerprint density at radius 1 is 0.652 bits per heavy atom. The Labute approximate surface area is 276 Å². The molecule has 3 nitrogen and oxygen atoms in total. The maximum atomic E-state index is 7.92. The average molecular weight is 632 g/mol. The van der Waals surface area contributed by atoms with Crippen molar-refractivity contribution < 1.29 is 9.05 Å². The first-order chi connectivity index (χ1) is 21.9. The number of aryl methyl sites for hydroxylation is 2. The van der Waals surface area contributed by atoms with Gasteiger partial charge in [-0.1, -0.05) is 0 Å². The third-order valence-corrected chi connectivity index (χ3v) is 15.9. The van der Waals surface area contributed by atoms with Crippen LogP contribution in [0, 0.1) is 13.8 Å². The van der Waals surface area contributed by atoms with Crippen LogP contribution in [0.25, 0.3) is 0 Å². The van der Waals surface area contributed by atoms with Gasteiger partial charge in [0.25, 0.3) is 0 Å². The van der Waals surface area contributed by atoms with E-state index in [0.29, 0.717) is 5.66 Å². The minimum absolute atomic E-state index is 0.0296. The van der Waals surface area contributed by atoms with E-state index in [1.54, 1.807) is 0 Å². The molecule has 0 radical (unpaired) electrons. The minimum atomic E-state index is -3.21. The summed E-state index contributed by atoms with van der Waals surface area (Å²) in [5.74, 6) is 2.17. The van der Waals surface area contributed by atoms with Crippen molar-refractivity contribution in [2.75, 3.05) is 0 Å². The Hall–Kier alpha value is -3.13. The molecule has 46 heavy (non-hydrogen) atoms. The van der Waals surface area contributed by atoms with E-state index in [-0.39, 0.29) is 28.3 Å². The molecule has 3 aliphatic carbocycles. The van der Waals surface area contributed by atoms with Gasteiger partial charge in [-0.25, -0.2) is 0 Å². The fourth-order valence-electron chi connectivity index (χ4n) is 9.89. The Balaban J connectivity index is 1.45. The fourth-order valence-corrected chi connectivity index (χ4v) is 14.1. The summed E-state index contributed by atoms with van der Waals surface area (Å²) in [5.41, 5.74) is 11.3. The van der Waals surface area contributed by atoms with E-state index in [2.05, 4.69) is 145 Å². The van der Waals surface area contributed by atoms with Crippen LogP contribution in [0.15, 0.2) is 84.9 Å². The number of hydrogen-bond donors (Lipinski definition) is 0. The first-order valence-corrected chi connectivity index (χ1v) is 19.3. The van der Waals surface area contributed by atoms with Gasteiger partial charge in [0.2, 0.25) is 0 Å². The zero-order chi connectivity index (χ0) is 32.2. The van der Waals surface area contributed by atoms with Crippen LogP contribution in [-0.2, 0) is 16.2 Å². The van der Waals surface area contributed by atoms with Crippen LogP contribution in [0.5, 0.6) is 11.5 Å². The van der Waals surface area contributed by atoms with Gasteiger partial charge in [0.15, 0.2) is 0 Å². The Morgan fingerprint density at radius 2 is 1.07 bits per heavy atom. The predicted molar refractivity (Wildman–Crippen MR) is 193 cm³/mol. The average Bonchev–Trinajstić information content (AvgIpc) is 3.80. The van der Waals surface area contributed by atoms with Crippen molar-refractivity contribution >= 4 is 7.87 Å². The summed E-state index contributed by atoms with van der Waals surface area (Å²) < 4.78 is 18.6. The maximum absolute atomic E-state index is 7.92. The van der Waals surface area contributed by atoms with E-state index in [1.807, 2.05) is 0 Å². The van der Waals surface area contributed by atoms with Crippen LogP contribution in [0.1, 0.15) is 124 Å². The molecule has 0 bridgehead atoms. The third kappa shape index (κ3) is 4.37. The molecule has 0 aromatic heterocycles. The second kappa shape index (κ2) is 10.2. The number of rotatable bonds is 6. The molecule has 4 aromatic carbocycles. The van der Waals surface area contributed by atoms with Gasteiger partial charge in [0, 0.05) is 0 Å². The van der Waals surface area contributed by atoms with Crippen LogP contribution < -0.4 is 9.05 Å². The molecule has 1 spiro atoms. The van der Waals surface area contributed by atoms with Gasteiger partial charge >= 0.3 is 278 Å². The summed E-state index contributed by atoms with van der Waals surface area (Å²) in [7, 11) is -3.21. The molecular formula is C42H50NO2P. The van der Waals surface area contributed by atoms with Crippen molar-refractivity contribution in [1.82, 2.24) is 4.67 Å². The van der Waals surface area contributed by atoms with Crippen molar-refractivity contribution in [2.45, 2.75) is 115 Å². The molecule has 2 atom stereocenters. The standard InChI is InChI=1S/C42H50NO2P/c1-27-21-34-38-36(23-27)44-46(33-19-20-33,43(29(3)31-15-11-9-12-16-31)30(4)32-17-13-10-14-18-32)45-37-24-28(2)22-35-39(37)42(38,25-40(34,5)6)26-41(35,7)8/h9-18,21-24,29-30,33,46H,19-20,25-26H2,1-8H3/t29-,30-,42?/m1/s1. The van der Waals surface area contributed by atoms with E-state index in [9.17, 15) is 0 Å². The fraction of sp³-hybridized carbons (Fsp3) is 0.429. The van der Waals surface area contributed by atoms with Gasteiger partial charge in [0.05, 0.1) is 0 Å². The van der Waals surface area contributed by atoms with Crippen LogP contribution in [0.4, 0.5) is 0 Å². The molecule has 1 aliphatic heterocycles. The molecule has 1 fully saturated rings. The predicted octanol–water partition coefficient (Wildman–Crippen LogP) is 11.2. The molecule has 0 saturated heterocycles. The first-order valence-electron chi connectivity index (χ1n) is 17.4. The van der Waals surface area contributed by atoms with Crippen LogP contribution in [0.2, 0.25) is 0 Å². The molecule has 0 unspecified atom stereocenters. The van der Waals surface area contributed by atoms with Gasteiger partial charge in [0.1, 0.15) is 0 Å². The van der Waals surface area contributed by atoms with Crippen LogP contribution >= 0.6 is 7.87 Å². The molecule has 4 aromatic rings. The van der Waals surface area contributed by atoms with E-state index in [0.717, 1.165) is 37.2 Å². The SMILES string of the molecule is Cc1cc2c3c(c1)C(C)(C)CC31CC(C)(C)c3cc(C)cc(c31)O[PH](C1CC1)(N([C@H](C)c1ccccc1)[C@H](C)c1ccccc1)O2. The quantitative estimate of drug-likeness (QED) is 0.198. The van der Waals surface area contributed by atoms with Crippen molar-refractivity contribution in [3.8, 4) is 11.5 Å². The van der Waals surface area contributed by atoms with Gasteiger partial charge < -0.3 is 0 Å². The van der Waals surface area contributed by atoms with Gasteiger partial charge in [-0.15, -0.1) is 0 Å². The molecule has 0 amide bonds. The summed E-state index contributed by atoms with van der Waals surface area (Å²) >= 11 is 0. The van der Waals surface area contributed by atoms with E-state index in [1.165, 1.54) is 44.5 Å². The normalized spacial score (nSPS) is 22.8. The Morgan fingerprint density at radius 3 is 1.46 bits per heavy atom. The number of benzene rings is 4. The number of nitrogens with zero attached hydrogens (tertiary/aromatic N) is 1. The summed E-state index contributed by atoms with van der Waals surface area (Å²) in [6.07, 6.45) is 4.42. The molecule has 4 heteroatoms. The van der Waals surface area contributed by atoms with Crippen LogP contribution in [0.3, 0.4) is 0 Å². The second-order valence-corrected chi connectivity index (χ2v) is 19.3. The first kappa shape index (κ1) is 30.2. The molecular weight excluding hydrogens is 581 g/mol. The summed E-state index contributed by atoms with van der Waals surface area (Å²) in [5, 5.41) is 0. The number of hydrogen-bond acceptors (Lipinski definition) is 3. The van der Waals surface area contributed by atoms with Gasteiger partial charge in [-0.2, -0.15) is 0 Å². The summed E-state index contributed by atoms with van der Waals surface area (Å²) in [4.78, 5) is 0. The van der Waals surface area contributed by atoms with Crippen molar-refractivity contribution in [3.05, 3.63) is 129 Å². The van der Waals surface area contributed by atoms with Gasteiger partial charge in [-0.05, 0) is 0 Å². The zero-order valence-electron chi connectivity index (χ0n) is 28.9. The molecule has 8 rings (SSSR count). The molecule has 0 N–H and O–H groups in total. The van der Waals surface area contributed by atoms with Crippen molar-refractivity contribution in [3.63, 3.8) is 0 Å². The Kier molecular flexibility index (Phi) is 6.69. The molecule has 4 aliphatic rings. The van der Waals surface area contributed by atoms with Crippen molar-refractivity contribution in [1.29, 1.82) is 0 Å². The Bertz CT molecular complexity index is 1700.